The molecule has 0 aliphatic carbocycles. The van der Waals surface area contributed by atoms with Gasteiger partial charge in [-0.1, -0.05) is 48.5 Å². The SMILES string of the molecule is O=C(c1cncc(N2CCc3ccccc32)c1)N1CCC(Cc2ccccc2)CC1. The number of fused-ring (bicyclic) bond motifs is 1. The number of anilines is 2. The van der Waals surface area contributed by atoms with E-state index in [1.165, 1.54) is 16.8 Å². The fourth-order valence-corrected chi connectivity index (χ4v) is 4.77. The Labute approximate surface area is 178 Å². The van der Waals surface area contributed by atoms with Gasteiger partial charge in [-0.2, -0.15) is 0 Å². The smallest absolute Gasteiger partial charge is 0.255 e. The number of carbonyl (C=O) groups is 1. The first-order valence-electron chi connectivity index (χ1n) is 10.9. The summed E-state index contributed by atoms with van der Waals surface area (Å²) in [5, 5.41) is 0. The Morgan fingerprint density at radius 2 is 1.70 bits per heavy atom. The molecular formula is C26H27N3O. The van der Waals surface area contributed by atoms with Crippen LogP contribution in [0.1, 0.15) is 34.3 Å². The Bertz CT molecular complexity index is 1030. The summed E-state index contributed by atoms with van der Waals surface area (Å²) in [5.41, 5.74) is 5.67. The molecule has 0 N–H and O–H groups in total. The van der Waals surface area contributed by atoms with E-state index in [1.54, 1.807) is 6.20 Å². The molecule has 152 valence electrons. The highest BCUT2D eigenvalue weighted by Gasteiger charge is 2.25. The second-order valence-corrected chi connectivity index (χ2v) is 8.39. The second kappa shape index (κ2) is 8.31. The molecule has 3 heterocycles. The van der Waals surface area contributed by atoms with Crippen molar-refractivity contribution in [2.75, 3.05) is 24.5 Å². The molecule has 30 heavy (non-hydrogen) atoms. The summed E-state index contributed by atoms with van der Waals surface area (Å²) in [6.45, 7) is 2.59. The minimum Gasteiger partial charge on any atom is -0.340 e. The molecule has 0 spiro atoms. The van der Waals surface area contributed by atoms with Gasteiger partial charge in [-0.3, -0.25) is 9.78 Å². The third-order valence-electron chi connectivity index (χ3n) is 6.44. The Morgan fingerprint density at radius 3 is 2.53 bits per heavy atom. The number of hydrogen-bond acceptors (Lipinski definition) is 3. The van der Waals surface area contributed by atoms with Gasteiger partial charge in [0.1, 0.15) is 0 Å². The van der Waals surface area contributed by atoms with E-state index in [1.807, 2.05) is 17.2 Å². The van der Waals surface area contributed by atoms with Crippen molar-refractivity contribution in [3.8, 4) is 0 Å². The molecule has 3 aromatic rings. The maximum absolute atomic E-state index is 13.1. The summed E-state index contributed by atoms with van der Waals surface area (Å²) in [6, 6.07) is 21.2. The summed E-state index contributed by atoms with van der Waals surface area (Å²) >= 11 is 0. The number of piperidine rings is 1. The third-order valence-corrected chi connectivity index (χ3v) is 6.44. The topological polar surface area (TPSA) is 36.4 Å². The molecule has 2 aliphatic rings. The number of para-hydroxylation sites is 1. The lowest BCUT2D eigenvalue weighted by molar-refractivity contribution is 0.0690. The molecule has 0 radical (unpaired) electrons. The zero-order valence-electron chi connectivity index (χ0n) is 17.2. The standard InChI is InChI=1S/C26H27N3O/c30-26(28-13-10-21(11-14-28)16-20-6-2-1-3-7-20)23-17-24(19-27-18-23)29-15-12-22-8-4-5-9-25(22)29/h1-9,17-19,21H,10-16H2. The number of aromatic nitrogens is 1. The normalized spacial score (nSPS) is 16.5. The van der Waals surface area contributed by atoms with Crippen LogP contribution < -0.4 is 4.90 Å². The molecule has 0 atom stereocenters. The van der Waals surface area contributed by atoms with E-state index in [4.69, 9.17) is 0 Å². The van der Waals surface area contributed by atoms with Gasteiger partial charge in [-0.15, -0.1) is 0 Å². The quantitative estimate of drug-likeness (QED) is 0.630. The fraction of sp³-hybridized carbons (Fsp3) is 0.308. The predicted octanol–water partition coefficient (Wildman–Crippen LogP) is 4.87. The van der Waals surface area contributed by atoms with Crippen molar-refractivity contribution >= 4 is 17.3 Å². The highest BCUT2D eigenvalue weighted by Crippen LogP contribution is 2.34. The van der Waals surface area contributed by atoms with Gasteiger partial charge in [0, 0.05) is 31.5 Å². The molecule has 1 fully saturated rings. The van der Waals surface area contributed by atoms with Gasteiger partial charge < -0.3 is 9.80 Å². The third kappa shape index (κ3) is 3.82. The summed E-state index contributed by atoms with van der Waals surface area (Å²) in [4.78, 5) is 21.8. The van der Waals surface area contributed by atoms with Crippen LogP contribution in [0.2, 0.25) is 0 Å². The average molecular weight is 398 g/mol. The fourth-order valence-electron chi connectivity index (χ4n) is 4.77. The number of benzene rings is 2. The van der Waals surface area contributed by atoms with Crippen LogP contribution in [-0.2, 0) is 12.8 Å². The van der Waals surface area contributed by atoms with Gasteiger partial charge in [-0.25, -0.2) is 0 Å². The Balaban J connectivity index is 1.25. The first-order chi connectivity index (χ1) is 14.8. The van der Waals surface area contributed by atoms with Crippen molar-refractivity contribution in [3.05, 3.63) is 89.7 Å². The van der Waals surface area contributed by atoms with E-state index >= 15 is 0 Å². The highest BCUT2D eigenvalue weighted by atomic mass is 16.2. The van der Waals surface area contributed by atoms with Gasteiger partial charge in [-0.05, 0) is 54.9 Å². The molecule has 4 heteroatoms. The van der Waals surface area contributed by atoms with Crippen LogP contribution in [-0.4, -0.2) is 35.4 Å². The molecule has 1 saturated heterocycles. The summed E-state index contributed by atoms with van der Waals surface area (Å²) < 4.78 is 0. The largest absolute Gasteiger partial charge is 0.340 e. The van der Waals surface area contributed by atoms with E-state index < -0.39 is 0 Å². The van der Waals surface area contributed by atoms with Crippen molar-refractivity contribution in [1.82, 2.24) is 9.88 Å². The first kappa shape index (κ1) is 18.9. The van der Waals surface area contributed by atoms with Gasteiger partial charge in [0.15, 0.2) is 0 Å². The van der Waals surface area contributed by atoms with Gasteiger partial charge >= 0.3 is 0 Å². The van der Waals surface area contributed by atoms with Crippen LogP contribution in [0.5, 0.6) is 0 Å². The number of nitrogens with zero attached hydrogens (tertiary/aromatic N) is 3. The van der Waals surface area contributed by atoms with Crippen molar-refractivity contribution < 1.29 is 4.79 Å². The zero-order chi connectivity index (χ0) is 20.3. The van der Waals surface area contributed by atoms with Crippen molar-refractivity contribution in [1.29, 1.82) is 0 Å². The van der Waals surface area contributed by atoms with Crippen molar-refractivity contribution in [3.63, 3.8) is 0 Å². The van der Waals surface area contributed by atoms with Crippen molar-refractivity contribution in [2.45, 2.75) is 25.7 Å². The second-order valence-electron chi connectivity index (χ2n) is 8.39. The van der Waals surface area contributed by atoms with Gasteiger partial charge in [0.25, 0.3) is 5.91 Å². The Kier molecular flexibility index (Phi) is 5.22. The van der Waals surface area contributed by atoms with Gasteiger partial charge in [0.05, 0.1) is 17.4 Å². The van der Waals surface area contributed by atoms with Crippen LogP contribution in [0.15, 0.2) is 73.1 Å². The lowest BCUT2D eigenvalue weighted by atomic mass is 9.90. The molecular weight excluding hydrogens is 370 g/mol. The number of likely N-dealkylation sites (tertiary alicyclic amines) is 1. The van der Waals surface area contributed by atoms with Crippen LogP contribution in [0, 0.1) is 5.92 Å². The Morgan fingerprint density at radius 1 is 0.933 bits per heavy atom. The number of carbonyl (C=O) groups excluding carboxylic acids is 1. The maximum atomic E-state index is 13.1. The maximum Gasteiger partial charge on any atom is 0.255 e. The van der Waals surface area contributed by atoms with Gasteiger partial charge in [0.2, 0.25) is 0 Å². The van der Waals surface area contributed by atoms with E-state index in [0.717, 1.165) is 51.0 Å². The summed E-state index contributed by atoms with van der Waals surface area (Å²) in [7, 11) is 0. The molecule has 0 unspecified atom stereocenters. The molecule has 0 saturated carbocycles. The van der Waals surface area contributed by atoms with Crippen molar-refractivity contribution in [2.24, 2.45) is 5.92 Å². The van der Waals surface area contributed by atoms with Crippen LogP contribution >= 0.6 is 0 Å². The molecule has 0 bridgehead atoms. The van der Waals surface area contributed by atoms with Crippen LogP contribution in [0.4, 0.5) is 11.4 Å². The molecule has 2 aromatic carbocycles. The summed E-state index contributed by atoms with van der Waals surface area (Å²) in [6.07, 6.45) is 7.84. The molecule has 1 amide bonds. The number of hydrogen-bond donors (Lipinski definition) is 0. The highest BCUT2D eigenvalue weighted by molar-refractivity contribution is 5.95. The molecule has 2 aliphatic heterocycles. The van der Waals surface area contributed by atoms with E-state index in [-0.39, 0.29) is 5.91 Å². The minimum absolute atomic E-state index is 0.106. The number of pyridine rings is 1. The van der Waals surface area contributed by atoms with E-state index in [9.17, 15) is 4.79 Å². The van der Waals surface area contributed by atoms with Crippen LogP contribution in [0.25, 0.3) is 0 Å². The predicted molar refractivity (Wildman–Crippen MR) is 120 cm³/mol. The number of rotatable bonds is 4. The Hall–Kier alpha value is -3.14. The molecule has 4 nitrogen and oxygen atoms in total. The lowest BCUT2D eigenvalue weighted by Crippen LogP contribution is -2.39. The summed E-state index contributed by atoms with van der Waals surface area (Å²) in [5.74, 6) is 0.761. The van der Waals surface area contributed by atoms with Crippen LogP contribution in [0.3, 0.4) is 0 Å². The zero-order valence-corrected chi connectivity index (χ0v) is 17.2. The average Bonchev–Trinajstić information content (AvgIpc) is 3.24. The first-order valence-corrected chi connectivity index (χ1v) is 10.9. The molecule has 1 aromatic heterocycles. The van der Waals surface area contributed by atoms with E-state index in [2.05, 4.69) is 64.5 Å². The molecule has 5 rings (SSSR count). The monoisotopic (exact) mass is 397 g/mol. The minimum atomic E-state index is 0.106. The lowest BCUT2D eigenvalue weighted by Gasteiger charge is -2.32. The number of amides is 1. The van der Waals surface area contributed by atoms with E-state index in [0.29, 0.717) is 11.5 Å².